The quantitative estimate of drug-likeness (QED) is 0.0550. The van der Waals surface area contributed by atoms with Crippen LogP contribution >= 0.6 is 0 Å². The van der Waals surface area contributed by atoms with E-state index in [0.717, 1.165) is 24.3 Å². The molecule has 0 spiro atoms. The normalized spacial score (nSPS) is 13.9. The van der Waals surface area contributed by atoms with E-state index >= 15 is 0 Å². The highest BCUT2D eigenvalue weighted by atomic mass is 32.3. The molecule has 0 aliphatic carbocycles. The number of rotatable bonds is 15. The molecule has 43 heteroatoms. The van der Waals surface area contributed by atoms with Crippen LogP contribution in [0.3, 0.4) is 0 Å². The molecule has 426 valence electrons. The first-order valence-corrected chi connectivity index (χ1v) is 35.0. The van der Waals surface area contributed by atoms with Gasteiger partial charge in [-0.05, 0) is 54.6 Å². The Bertz CT molecular complexity index is 5250. The fraction of sp³-hybridized carbons (Fsp3) is 0.135. The van der Waals surface area contributed by atoms with Crippen molar-refractivity contribution >= 4 is 135 Å². The lowest BCUT2D eigenvalue weighted by molar-refractivity contribution is 0.466. The van der Waals surface area contributed by atoms with Crippen molar-refractivity contribution in [3.8, 4) is 45.6 Å². The summed E-state index contributed by atoms with van der Waals surface area (Å²) in [5.74, 6) is -4.84. The van der Waals surface area contributed by atoms with E-state index in [0.29, 0.717) is 36.6 Å². The van der Waals surface area contributed by atoms with Crippen LogP contribution in [0.4, 0.5) is 0 Å². The summed E-state index contributed by atoms with van der Waals surface area (Å²) >= 11 is 0. The second kappa shape index (κ2) is 19.0. The summed E-state index contributed by atoms with van der Waals surface area (Å²) in [5, 5.41) is 3.64. The Labute approximate surface area is 449 Å². The lowest BCUT2D eigenvalue weighted by atomic mass is 10.1. The van der Waals surface area contributed by atoms with E-state index in [1.807, 2.05) is 9.44 Å². The standard InChI is InChI=1S/C37H31N11O23S9/c1-72(49,50)24-9-18-20(11-26(24)77(61,62)40-5-7-74(54,55)56)34-43-31-17-8-15(76(59,60)39-4-6-73(51,52)53)2-3-16(17)30(41-31)42-35-21-12-27(78(63,64)65)25(75(38,57)58)10-19(21)33(46-35)47-37-23-14-29(80(69,70)71)28(79(66,67)68)13-22(23)36(48-37)45-32(18)44-34/h2-3,8-14,39-40H,4-7H2,1H3,(H2,38,57,58)(H,51,52,53)(H,54,55,56)(H,63,64,65)(H,66,67,68)(H,69,70,71)(H2,41,42,43,44,45,46,47,48). The zero-order valence-corrected chi connectivity index (χ0v) is 46.4. The molecule has 2 aliphatic rings. The number of sulfonamides is 3. The van der Waals surface area contributed by atoms with E-state index < -0.39 is 228 Å². The van der Waals surface area contributed by atoms with Crippen LogP contribution in [-0.4, -0.2) is 169 Å². The summed E-state index contributed by atoms with van der Waals surface area (Å²) < 4.78 is 283. The molecule has 0 saturated carbocycles. The molecule has 0 atom stereocenters. The van der Waals surface area contributed by atoms with Gasteiger partial charge in [-0.25, -0.2) is 78.2 Å². The van der Waals surface area contributed by atoms with E-state index in [9.17, 15) is 98.5 Å². The minimum atomic E-state index is -5.64. The maximum absolute atomic E-state index is 13.9. The minimum absolute atomic E-state index is 0.158. The van der Waals surface area contributed by atoms with E-state index in [1.54, 1.807) is 0 Å². The minimum Gasteiger partial charge on any atom is -0.324 e. The smallest absolute Gasteiger partial charge is 0.295 e. The Hall–Kier alpha value is -6.53. The molecule has 0 unspecified atom stereocenters. The second-order valence-corrected chi connectivity index (χ2v) is 31.3. The van der Waals surface area contributed by atoms with Crippen molar-refractivity contribution in [3.63, 3.8) is 0 Å². The van der Waals surface area contributed by atoms with Crippen LogP contribution in [-0.2, 0) is 90.5 Å². The average molecular weight is 1290 g/mol. The Balaban J connectivity index is 1.51. The Morgan fingerprint density at radius 1 is 0.412 bits per heavy atom. The summed E-state index contributed by atoms with van der Waals surface area (Å²) in [4.78, 5) is 23.6. The summed E-state index contributed by atoms with van der Waals surface area (Å²) in [6, 6.07) is 6.42. The first-order valence-electron chi connectivity index (χ1n) is 21.1. The van der Waals surface area contributed by atoms with Gasteiger partial charge in [-0.3, -0.25) is 22.8 Å². The molecule has 0 radical (unpaired) electrons. The number of primary sulfonamides is 1. The van der Waals surface area contributed by atoms with Gasteiger partial charge in [-0.1, -0.05) is 0 Å². The van der Waals surface area contributed by atoms with E-state index in [2.05, 4.69) is 39.9 Å². The fourth-order valence-electron chi connectivity index (χ4n) is 8.05. The molecule has 80 heavy (non-hydrogen) atoms. The molecule has 0 saturated heterocycles. The van der Waals surface area contributed by atoms with Gasteiger partial charge in [0.15, 0.2) is 33.1 Å². The van der Waals surface area contributed by atoms with Crippen LogP contribution in [0.15, 0.2) is 88.9 Å². The van der Waals surface area contributed by atoms with Crippen LogP contribution in [0.2, 0.25) is 0 Å². The third-order valence-corrected chi connectivity index (χ3v) is 21.0. The molecule has 9 rings (SSSR count). The summed E-state index contributed by atoms with van der Waals surface area (Å²) in [7, 11) is -46.0. The predicted octanol–water partition coefficient (Wildman–Crippen LogP) is -1.01. The number of hydrogen-bond donors (Lipinski definition) is 10. The number of fused-ring (bicyclic) bond motifs is 20. The fourth-order valence-corrected chi connectivity index (χ4v) is 16.4. The Kier molecular flexibility index (Phi) is 13.8. The first-order chi connectivity index (χ1) is 36.5. The van der Waals surface area contributed by atoms with Gasteiger partial charge < -0.3 is 9.97 Å². The second-order valence-electron chi connectivity index (χ2n) is 17.0. The van der Waals surface area contributed by atoms with Gasteiger partial charge in [0.2, 0.25) is 30.1 Å². The highest BCUT2D eigenvalue weighted by Crippen LogP contribution is 2.42. The van der Waals surface area contributed by atoms with Crippen molar-refractivity contribution < 1.29 is 98.5 Å². The summed E-state index contributed by atoms with van der Waals surface area (Å²) in [6.45, 7) is -1.88. The van der Waals surface area contributed by atoms with Gasteiger partial charge in [-0.15, -0.1) is 0 Å². The van der Waals surface area contributed by atoms with Crippen LogP contribution in [0, 0.1) is 0 Å². The number of nitrogens with two attached hydrogens (primary N) is 1. The van der Waals surface area contributed by atoms with Crippen LogP contribution < -0.4 is 14.6 Å². The number of H-pyrrole nitrogens is 2. The van der Waals surface area contributed by atoms with Crippen molar-refractivity contribution in [2.75, 3.05) is 30.9 Å². The van der Waals surface area contributed by atoms with Crippen LogP contribution in [0.25, 0.3) is 89.7 Å². The molecule has 0 amide bonds. The van der Waals surface area contributed by atoms with Crippen molar-refractivity contribution in [2.24, 2.45) is 5.14 Å². The molecule has 7 aromatic rings. The molecule has 8 bridgehead atoms. The van der Waals surface area contributed by atoms with E-state index in [1.165, 1.54) is 0 Å². The molecule has 11 N–H and O–H groups in total. The largest absolute Gasteiger partial charge is 0.324 e. The van der Waals surface area contributed by atoms with Crippen molar-refractivity contribution in [3.05, 3.63) is 54.6 Å². The molecule has 5 heterocycles. The van der Waals surface area contributed by atoms with Gasteiger partial charge in [0.1, 0.15) is 47.1 Å². The number of hydrogen-bond acceptors (Lipinski definition) is 24. The van der Waals surface area contributed by atoms with Gasteiger partial charge in [0.25, 0.3) is 50.6 Å². The molecule has 4 aromatic carbocycles. The monoisotopic (exact) mass is 1280 g/mol. The van der Waals surface area contributed by atoms with E-state index in [4.69, 9.17) is 5.14 Å². The van der Waals surface area contributed by atoms with Gasteiger partial charge in [0, 0.05) is 63.1 Å². The predicted molar refractivity (Wildman–Crippen MR) is 273 cm³/mol. The molecule has 34 nitrogen and oxygen atoms in total. The van der Waals surface area contributed by atoms with Gasteiger partial charge >= 0.3 is 0 Å². The Morgan fingerprint density at radius 2 is 0.750 bits per heavy atom. The Morgan fingerprint density at radius 3 is 1.12 bits per heavy atom. The lowest BCUT2D eigenvalue weighted by Crippen LogP contribution is -2.30. The maximum atomic E-state index is 13.9. The number of nitrogens with one attached hydrogen (secondary N) is 4. The van der Waals surface area contributed by atoms with Gasteiger partial charge in [0.05, 0.1) is 21.3 Å². The highest BCUT2D eigenvalue weighted by molar-refractivity contribution is 7.93. The molecular formula is C37H31N11O23S9. The average Bonchev–Trinajstić information content (AvgIpc) is 4.02. The number of sulfone groups is 1. The number of aromatic amines is 2. The topological polar surface area (TPSA) is 567 Å². The van der Waals surface area contributed by atoms with E-state index in [-0.39, 0.29) is 11.1 Å². The van der Waals surface area contributed by atoms with Crippen molar-refractivity contribution in [1.29, 1.82) is 0 Å². The van der Waals surface area contributed by atoms with Crippen molar-refractivity contribution in [2.45, 2.75) is 34.3 Å². The zero-order chi connectivity index (χ0) is 59.0. The van der Waals surface area contributed by atoms with Gasteiger partial charge in [-0.2, -0.15) is 42.1 Å². The van der Waals surface area contributed by atoms with Crippen LogP contribution in [0.1, 0.15) is 0 Å². The molecule has 0 fully saturated rings. The third-order valence-electron chi connectivity index (χ3n) is 11.4. The molecule has 3 aromatic heterocycles. The zero-order valence-electron chi connectivity index (χ0n) is 39.0. The maximum Gasteiger partial charge on any atom is 0.295 e. The first kappa shape index (κ1) is 58.1. The summed E-state index contributed by atoms with van der Waals surface area (Å²) in [6.07, 6.45) is 0.560. The molecular weight excluding hydrogens is 1260 g/mol. The number of nitrogens with zero attached hydrogens (tertiary/aromatic N) is 6. The third kappa shape index (κ3) is 11.4. The number of aromatic nitrogens is 8. The number of benzene rings is 4. The molecule has 2 aliphatic heterocycles. The lowest BCUT2D eigenvalue weighted by Gasteiger charge is -2.11. The highest BCUT2D eigenvalue weighted by Gasteiger charge is 2.34. The van der Waals surface area contributed by atoms with Crippen LogP contribution in [0.5, 0.6) is 0 Å². The van der Waals surface area contributed by atoms with Crippen molar-refractivity contribution in [1.82, 2.24) is 49.3 Å². The SMILES string of the molecule is CS(=O)(=O)c1cc2c3nc4nc(nc5[nH]c(nc6nc(nc([nH]3)c2cc1S(=O)(=O)NCCS(=O)(=O)O)-c1cc(S(=O)(=O)NCCS(=O)(=O)O)ccc1-6)c1cc(S(=O)(=O)O)c(S(N)(=O)=O)cc51)-c1cc(S(=O)(=O)O)c(S(=O)(=O)O)cc1-4. The summed E-state index contributed by atoms with van der Waals surface area (Å²) in [5.41, 5.74) is -3.89.